The monoisotopic (exact) mass is 149 g/mol. The van der Waals surface area contributed by atoms with E-state index in [-0.39, 0.29) is 6.54 Å². The lowest BCUT2D eigenvalue weighted by atomic mass is 10.1. The fourth-order valence-corrected chi connectivity index (χ4v) is 0.428. The second-order valence-corrected chi connectivity index (χ2v) is 1.85. The van der Waals surface area contributed by atoms with E-state index in [1.165, 1.54) is 0 Å². The number of aliphatic hydroxyl groups excluding tert-OH is 3. The van der Waals surface area contributed by atoms with Gasteiger partial charge in [-0.05, 0) is 0 Å². The maximum absolute atomic E-state index is 10.6. The van der Waals surface area contributed by atoms with Crippen molar-refractivity contribution in [2.24, 2.45) is 5.73 Å². The van der Waals surface area contributed by atoms with Gasteiger partial charge < -0.3 is 21.1 Å². The SMILES string of the molecule is NC[C@H](O)C(=O)C(O)CO. The van der Waals surface area contributed by atoms with E-state index in [9.17, 15) is 4.79 Å². The van der Waals surface area contributed by atoms with Crippen LogP contribution in [0.2, 0.25) is 0 Å². The molecule has 10 heavy (non-hydrogen) atoms. The second kappa shape index (κ2) is 4.35. The molecule has 1 unspecified atom stereocenters. The van der Waals surface area contributed by atoms with Crippen LogP contribution in [0.5, 0.6) is 0 Å². The van der Waals surface area contributed by atoms with Gasteiger partial charge in [-0.25, -0.2) is 0 Å². The zero-order valence-electron chi connectivity index (χ0n) is 5.40. The summed E-state index contributed by atoms with van der Waals surface area (Å²) < 4.78 is 0. The molecular weight excluding hydrogens is 138 g/mol. The van der Waals surface area contributed by atoms with Crippen molar-refractivity contribution in [2.75, 3.05) is 13.2 Å². The number of carbonyl (C=O) groups is 1. The Bertz CT molecular complexity index is 104. The number of aliphatic hydroxyl groups is 3. The third kappa shape index (κ3) is 2.40. The molecule has 0 rings (SSSR count). The Balaban J connectivity index is 3.82. The van der Waals surface area contributed by atoms with Crippen LogP contribution in [-0.4, -0.2) is 46.5 Å². The van der Waals surface area contributed by atoms with E-state index < -0.39 is 24.6 Å². The summed E-state index contributed by atoms with van der Waals surface area (Å²) in [7, 11) is 0. The van der Waals surface area contributed by atoms with E-state index in [4.69, 9.17) is 21.1 Å². The molecule has 0 aliphatic rings. The van der Waals surface area contributed by atoms with Crippen molar-refractivity contribution < 1.29 is 20.1 Å². The quantitative estimate of drug-likeness (QED) is 0.346. The summed E-state index contributed by atoms with van der Waals surface area (Å²) in [5.74, 6) is -0.843. The minimum atomic E-state index is -1.52. The smallest absolute Gasteiger partial charge is 0.193 e. The molecule has 0 aromatic carbocycles. The molecule has 0 aliphatic carbocycles. The van der Waals surface area contributed by atoms with Gasteiger partial charge in [0.2, 0.25) is 0 Å². The normalized spacial score (nSPS) is 16.4. The summed E-state index contributed by atoms with van der Waals surface area (Å²) in [6, 6.07) is 0. The first kappa shape index (κ1) is 9.51. The minimum absolute atomic E-state index is 0.240. The summed E-state index contributed by atoms with van der Waals surface area (Å²) in [4.78, 5) is 10.6. The van der Waals surface area contributed by atoms with E-state index in [1.807, 2.05) is 0 Å². The Labute approximate surface area is 58.1 Å². The summed E-state index contributed by atoms with van der Waals surface area (Å²) >= 11 is 0. The van der Waals surface area contributed by atoms with Crippen LogP contribution >= 0.6 is 0 Å². The van der Waals surface area contributed by atoms with Crippen molar-refractivity contribution in [1.82, 2.24) is 0 Å². The van der Waals surface area contributed by atoms with Crippen LogP contribution in [0.1, 0.15) is 0 Å². The zero-order chi connectivity index (χ0) is 8.15. The molecular formula is C5H11NO4. The molecule has 60 valence electrons. The highest BCUT2D eigenvalue weighted by Crippen LogP contribution is 1.89. The van der Waals surface area contributed by atoms with Crippen LogP contribution in [0.25, 0.3) is 0 Å². The Morgan fingerprint density at radius 1 is 1.40 bits per heavy atom. The molecule has 0 aromatic rings. The standard InChI is InChI=1S/C5H11NO4/c6-1-3(8)5(10)4(9)2-7/h3-4,7-9H,1-2,6H2/t3-,4?/m0/s1. The minimum Gasteiger partial charge on any atom is -0.393 e. The van der Waals surface area contributed by atoms with E-state index in [2.05, 4.69) is 0 Å². The van der Waals surface area contributed by atoms with E-state index in [1.54, 1.807) is 0 Å². The van der Waals surface area contributed by atoms with E-state index >= 15 is 0 Å². The molecule has 0 saturated heterocycles. The lowest BCUT2D eigenvalue weighted by Gasteiger charge is -2.09. The van der Waals surface area contributed by atoms with Gasteiger partial charge in [0.1, 0.15) is 12.2 Å². The molecule has 2 atom stereocenters. The van der Waals surface area contributed by atoms with Crippen LogP contribution in [-0.2, 0) is 4.79 Å². The molecule has 5 heteroatoms. The maximum Gasteiger partial charge on any atom is 0.193 e. The molecule has 0 amide bonds. The average Bonchev–Trinajstić information content (AvgIpc) is 2.00. The first-order valence-electron chi connectivity index (χ1n) is 2.84. The molecule has 5 N–H and O–H groups in total. The molecule has 0 aliphatic heterocycles. The van der Waals surface area contributed by atoms with Gasteiger partial charge in [0, 0.05) is 6.54 Å². The lowest BCUT2D eigenvalue weighted by Crippen LogP contribution is -2.38. The van der Waals surface area contributed by atoms with Gasteiger partial charge in [0.25, 0.3) is 0 Å². The number of nitrogens with two attached hydrogens (primary N) is 1. The van der Waals surface area contributed by atoms with Gasteiger partial charge in [-0.2, -0.15) is 0 Å². The third-order valence-electron chi connectivity index (χ3n) is 1.05. The number of rotatable bonds is 4. The van der Waals surface area contributed by atoms with Crippen LogP contribution in [0.4, 0.5) is 0 Å². The Hall–Kier alpha value is -0.490. The fourth-order valence-electron chi connectivity index (χ4n) is 0.428. The van der Waals surface area contributed by atoms with Crippen molar-refractivity contribution in [3.8, 4) is 0 Å². The molecule has 0 saturated carbocycles. The van der Waals surface area contributed by atoms with Crippen molar-refractivity contribution >= 4 is 5.78 Å². The van der Waals surface area contributed by atoms with Crippen LogP contribution in [0.15, 0.2) is 0 Å². The van der Waals surface area contributed by atoms with Crippen molar-refractivity contribution in [2.45, 2.75) is 12.2 Å². The molecule has 0 aromatic heterocycles. The predicted molar refractivity (Wildman–Crippen MR) is 33.2 cm³/mol. The first-order chi connectivity index (χ1) is 4.63. The number of ketones is 1. The van der Waals surface area contributed by atoms with Gasteiger partial charge >= 0.3 is 0 Å². The van der Waals surface area contributed by atoms with Gasteiger partial charge in [0.05, 0.1) is 6.61 Å². The van der Waals surface area contributed by atoms with Crippen molar-refractivity contribution in [3.05, 3.63) is 0 Å². The van der Waals surface area contributed by atoms with Crippen molar-refractivity contribution in [1.29, 1.82) is 0 Å². The summed E-state index contributed by atoms with van der Waals surface area (Å²) in [6.07, 6.45) is -2.89. The van der Waals surface area contributed by atoms with Crippen molar-refractivity contribution in [3.63, 3.8) is 0 Å². The fraction of sp³-hybridized carbons (Fsp3) is 0.800. The number of hydrogen-bond acceptors (Lipinski definition) is 5. The Kier molecular flexibility index (Phi) is 4.13. The second-order valence-electron chi connectivity index (χ2n) is 1.85. The third-order valence-corrected chi connectivity index (χ3v) is 1.05. The molecule has 5 nitrogen and oxygen atoms in total. The van der Waals surface area contributed by atoms with Gasteiger partial charge in [0.15, 0.2) is 5.78 Å². The first-order valence-corrected chi connectivity index (χ1v) is 2.84. The number of Topliss-reactive ketones (excluding diaryl/α,β-unsaturated/α-hetero) is 1. The molecule has 0 spiro atoms. The molecule has 0 bridgehead atoms. The van der Waals surface area contributed by atoms with E-state index in [0.717, 1.165) is 0 Å². The van der Waals surface area contributed by atoms with Gasteiger partial charge in [-0.3, -0.25) is 4.79 Å². The highest BCUT2D eigenvalue weighted by Gasteiger charge is 2.20. The van der Waals surface area contributed by atoms with E-state index in [0.29, 0.717) is 0 Å². The van der Waals surface area contributed by atoms with Gasteiger partial charge in [-0.1, -0.05) is 0 Å². The largest absolute Gasteiger partial charge is 0.393 e. The zero-order valence-corrected chi connectivity index (χ0v) is 5.40. The topological polar surface area (TPSA) is 104 Å². The Morgan fingerprint density at radius 3 is 2.20 bits per heavy atom. The highest BCUT2D eigenvalue weighted by molar-refractivity contribution is 5.87. The number of carbonyl (C=O) groups excluding carboxylic acids is 1. The predicted octanol–water partition coefficient (Wildman–Crippen LogP) is -2.77. The molecule has 0 fully saturated rings. The van der Waals surface area contributed by atoms with Crippen LogP contribution < -0.4 is 5.73 Å². The van der Waals surface area contributed by atoms with Crippen LogP contribution in [0.3, 0.4) is 0 Å². The van der Waals surface area contributed by atoms with Gasteiger partial charge in [-0.15, -0.1) is 0 Å². The summed E-state index contributed by atoms with van der Waals surface area (Å²) in [5, 5.41) is 25.5. The summed E-state index contributed by atoms with van der Waals surface area (Å²) in [5.41, 5.74) is 4.90. The number of hydrogen-bond donors (Lipinski definition) is 4. The Morgan fingerprint density at radius 2 is 1.90 bits per heavy atom. The average molecular weight is 149 g/mol. The maximum atomic E-state index is 10.6. The van der Waals surface area contributed by atoms with Crippen LogP contribution in [0, 0.1) is 0 Å². The molecule has 0 radical (unpaired) electrons. The highest BCUT2D eigenvalue weighted by atomic mass is 16.3. The summed E-state index contributed by atoms with van der Waals surface area (Å²) in [6.45, 7) is -0.925. The lowest BCUT2D eigenvalue weighted by molar-refractivity contribution is -0.136. The molecule has 0 heterocycles.